The SMILES string of the molecule is CCN(CC)CCn1c(NC(=O)C2CC2)nc2ccccc21. The Morgan fingerprint density at radius 1 is 1.32 bits per heavy atom. The van der Waals surface area contributed by atoms with Gasteiger partial charge >= 0.3 is 0 Å². The molecule has 1 N–H and O–H groups in total. The normalized spacial score (nSPS) is 14.7. The number of hydrogen-bond acceptors (Lipinski definition) is 3. The van der Waals surface area contributed by atoms with Crippen molar-refractivity contribution in [2.75, 3.05) is 25.0 Å². The molecule has 3 rings (SSSR count). The maximum absolute atomic E-state index is 12.1. The van der Waals surface area contributed by atoms with E-state index in [2.05, 4.69) is 39.7 Å². The van der Waals surface area contributed by atoms with Crippen molar-refractivity contribution in [1.82, 2.24) is 14.5 Å². The molecule has 0 saturated heterocycles. The van der Waals surface area contributed by atoms with Gasteiger partial charge in [0.25, 0.3) is 0 Å². The van der Waals surface area contributed by atoms with E-state index in [1.807, 2.05) is 18.2 Å². The number of likely N-dealkylation sites (N-methyl/N-ethyl adjacent to an activating group) is 1. The van der Waals surface area contributed by atoms with Crippen molar-refractivity contribution >= 4 is 22.9 Å². The van der Waals surface area contributed by atoms with Gasteiger partial charge in [-0.3, -0.25) is 10.1 Å². The molecule has 5 nitrogen and oxygen atoms in total. The summed E-state index contributed by atoms with van der Waals surface area (Å²) in [5.74, 6) is 0.987. The Bertz CT molecular complexity index is 656. The second kappa shape index (κ2) is 6.48. The highest BCUT2D eigenvalue weighted by Gasteiger charge is 2.30. The first-order valence-corrected chi connectivity index (χ1v) is 8.21. The van der Waals surface area contributed by atoms with E-state index in [0.29, 0.717) is 5.95 Å². The van der Waals surface area contributed by atoms with Crippen LogP contribution in [0.5, 0.6) is 0 Å². The Morgan fingerprint density at radius 2 is 2.05 bits per heavy atom. The number of imidazole rings is 1. The van der Waals surface area contributed by atoms with Crippen molar-refractivity contribution < 1.29 is 4.79 Å². The number of benzene rings is 1. The quantitative estimate of drug-likeness (QED) is 0.855. The molecular weight excluding hydrogens is 276 g/mol. The van der Waals surface area contributed by atoms with Crippen LogP contribution in [0, 0.1) is 5.92 Å². The minimum absolute atomic E-state index is 0.111. The van der Waals surface area contributed by atoms with Crippen LogP contribution in [0.25, 0.3) is 11.0 Å². The summed E-state index contributed by atoms with van der Waals surface area (Å²) in [6, 6.07) is 8.06. The van der Waals surface area contributed by atoms with Gasteiger partial charge in [-0.2, -0.15) is 0 Å². The van der Waals surface area contributed by atoms with Crippen molar-refractivity contribution in [3.8, 4) is 0 Å². The van der Waals surface area contributed by atoms with Gasteiger partial charge in [-0.25, -0.2) is 4.98 Å². The Hall–Kier alpha value is -1.88. The van der Waals surface area contributed by atoms with Crippen LogP contribution in [-0.2, 0) is 11.3 Å². The molecule has 1 aliphatic carbocycles. The zero-order valence-corrected chi connectivity index (χ0v) is 13.4. The average Bonchev–Trinajstić information content (AvgIpc) is 3.32. The third-order valence-electron chi connectivity index (χ3n) is 4.37. The standard InChI is InChI=1S/C17H24N4O/c1-3-20(4-2)11-12-21-15-8-6-5-7-14(15)18-17(21)19-16(22)13-9-10-13/h5-8,13H,3-4,9-12H2,1-2H3,(H,18,19,22). The number of aromatic nitrogens is 2. The first-order chi connectivity index (χ1) is 10.7. The number of amides is 1. The Kier molecular flexibility index (Phi) is 4.43. The van der Waals surface area contributed by atoms with Crippen LogP contribution in [-0.4, -0.2) is 40.0 Å². The van der Waals surface area contributed by atoms with Crippen molar-refractivity contribution in [2.45, 2.75) is 33.2 Å². The van der Waals surface area contributed by atoms with Crippen LogP contribution in [0.15, 0.2) is 24.3 Å². The van der Waals surface area contributed by atoms with Crippen LogP contribution < -0.4 is 5.32 Å². The molecule has 0 bridgehead atoms. The van der Waals surface area contributed by atoms with Crippen LogP contribution in [0.3, 0.4) is 0 Å². The predicted molar refractivity (Wildman–Crippen MR) is 88.9 cm³/mol. The second-order valence-electron chi connectivity index (χ2n) is 5.87. The fourth-order valence-corrected chi connectivity index (χ4v) is 2.74. The van der Waals surface area contributed by atoms with Crippen molar-refractivity contribution in [3.05, 3.63) is 24.3 Å². The van der Waals surface area contributed by atoms with Crippen LogP contribution in [0.4, 0.5) is 5.95 Å². The lowest BCUT2D eigenvalue weighted by Gasteiger charge is -2.19. The largest absolute Gasteiger partial charge is 0.309 e. The highest BCUT2D eigenvalue weighted by Crippen LogP contribution is 2.30. The van der Waals surface area contributed by atoms with E-state index in [-0.39, 0.29) is 11.8 Å². The number of nitrogens with zero attached hydrogens (tertiary/aromatic N) is 3. The van der Waals surface area contributed by atoms with E-state index in [0.717, 1.165) is 50.1 Å². The summed E-state index contributed by atoms with van der Waals surface area (Å²) in [5.41, 5.74) is 2.02. The Labute approximate surface area is 131 Å². The zero-order valence-electron chi connectivity index (χ0n) is 13.4. The highest BCUT2D eigenvalue weighted by atomic mass is 16.2. The summed E-state index contributed by atoms with van der Waals surface area (Å²) in [6.45, 7) is 8.21. The minimum atomic E-state index is 0.111. The highest BCUT2D eigenvalue weighted by molar-refractivity contribution is 5.94. The number of fused-ring (bicyclic) bond motifs is 1. The number of anilines is 1. The molecule has 1 fully saturated rings. The van der Waals surface area contributed by atoms with Gasteiger partial charge in [-0.1, -0.05) is 26.0 Å². The van der Waals surface area contributed by atoms with E-state index in [1.54, 1.807) is 0 Å². The fourth-order valence-electron chi connectivity index (χ4n) is 2.74. The summed E-state index contributed by atoms with van der Waals surface area (Å²) >= 11 is 0. The van der Waals surface area contributed by atoms with Crippen LogP contribution >= 0.6 is 0 Å². The molecule has 1 heterocycles. The first kappa shape index (κ1) is 15.0. The lowest BCUT2D eigenvalue weighted by Crippen LogP contribution is -2.28. The zero-order chi connectivity index (χ0) is 15.5. The molecule has 5 heteroatoms. The molecule has 1 aliphatic rings. The number of rotatable bonds is 7. The Morgan fingerprint density at radius 3 is 2.73 bits per heavy atom. The van der Waals surface area contributed by atoms with E-state index in [4.69, 9.17) is 0 Å². The molecule has 0 unspecified atom stereocenters. The first-order valence-electron chi connectivity index (χ1n) is 8.21. The Balaban J connectivity index is 1.85. The predicted octanol–water partition coefficient (Wildman–Crippen LogP) is 2.73. The molecular formula is C17H24N4O. The molecule has 1 aromatic heterocycles. The van der Waals surface area contributed by atoms with Crippen LogP contribution in [0.1, 0.15) is 26.7 Å². The molecule has 22 heavy (non-hydrogen) atoms. The average molecular weight is 300 g/mol. The molecule has 1 amide bonds. The minimum Gasteiger partial charge on any atom is -0.309 e. The van der Waals surface area contributed by atoms with Gasteiger partial charge in [0.15, 0.2) is 0 Å². The van der Waals surface area contributed by atoms with E-state index in [9.17, 15) is 4.79 Å². The monoisotopic (exact) mass is 300 g/mol. The molecule has 1 saturated carbocycles. The summed E-state index contributed by atoms with van der Waals surface area (Å²) in [6.07, 6.45) is 2.01. The molecule has 0 aliphatic heterocycles. The maximum atomic E-state index is 12.1. The van der Waals surface area contributed by atoms with Gasteiger partial charge < -0.3 is 9.47 Å². The summed E-state index contributed by atoms with van der Waals surface area (Å²) in [5, 5.41) is 3.02. The number of nitrogens with one attached hydrogen (secondary N) is 1. The van der Waals surface area contributed by atoms with E-state index < -0.39 is 0 Å². The molecule has 0 radical (unpaired) electrons. The lowest BCUT2D eigenvalue weighted by atomic mass is 10.3. The van der Waals surface area contributed by atoms with Crippen molar-refractivity contribution in [3.63, 3.8) is 0 Å². The lowest BCUT2D eigenvalue weighted by molar-refractivity contribution is -0.117. The van der Waals surface area contributed by atoms with E-state index in [1.165, 1.54) is 0 Å². The number of carbonyl (C=O) groups is 1. The number of carbonyl (C=O) groups excluding carboxylic acids is 1. The molecule has 1 aromatic carbocycles. The molecule has 2 aromatic rings. The maximum Gasteiger partial charge on any atom is 0.229 e. The third kappa shape index (κ3) is 3.14. The number of hydrogen-bond donors (Lipinski definition) is 1. The second-order valence-corrected chi connectivity index (χ2v) is 5.87. The van der Waals surface area contributed by atoms with Crippen LogP contribution in [0.2, 0.25) is 0 Å². The summed E-state index contributed by atoms with van der Waals surface area (Å²) < 4.78 is 2.13. The van der Waals surface area contributed by atoms with Crippen molar-refractivity contribution in [1.29, 1.82) is 0 Å². The summed E-state index contributed by atoms with van der Waals surface area (Å²) in [7, 11) is 0. The van der Waals surface area contributed by atoms with Gasteiger partial charge in [0.2, 0.25) is 11.9 Å². The van der Waals surface area contributed by atoms with Crippen molar-refractivity contribution in [2.24, 2.45) is 5.92 Å². The number of para-hydroxylation sites is 2. The van der Waals surface area contributed by atoms with Gasteiger partial charge in [0.1, 0.15) is 0 Å². The topological polar surface area (TPSA) is 50.2 Å². The van der Waals surface area contributed by atoms with Gasteiger partial charge in [-0.05, 0) is 38.1 Å². The summed E-state index contributed by atoms with van der Waals surface area (Å²) in [4.78, 5) is 19.1. The molecule has 0 atom stereocenters. The molecule has 0 spiro atoms. The third-order valence-corrected chi connectivity index (χ3v) is 4.37. The smallest absolute Gasteiger partial charge is 0.229 e. The van der Waals surface area contributed by atoms with Gasteiger partial charge in [-0.15, -0.1) is 0 Å². The fraction of sp³-hybridized carbons (Fsp3) is 0.529. The van der Waals surface area contributed by atoms with Gasteiger partial charge in [0, 0.05) is 19.0 Å². The van der Waals surface area contributed by atoms with Gasteiger partial charge in [0.05, 0.1) is 11.0 Å². The molecule has 118 valence electrons. The van der Waals surface area contributed by atoms with E-state index >= 15 is 0 Å².